The van der Waals surface area contributed by atoms with E-state index in [-0.39, 0.29) is 0 Å². The summed E-state index contributed by atoms with van der Waals surface area (Å²) >= 11 is 0. The van der Waals surface area contributed by atoms with Crippen LogP contribution in [0.4, 0.5) is 0 Å². The number of pyridine rings is 2. The van der Waals surface area contributed by atoms with E-state index in [0.717, 1.165) is 46.5 Å². The molecule has 4 nitrogen and oxygen atoms in total. The maximum Gasteiger partial charge on any atom is 0.173 e. The lowest BCUT2D eigenvalue weighted by Gasteiger charge is -2.04. The average molecular weight is 523 g/mol. The number of aliphatic imine (C=N–C) groups is 2. The van der Waals surface area contributed by atoms with Gasteiger partial charge in [-0.1, -0.05) is 73.8 Å². The van der Waals surface area contributed by atoms with E-state index in [0.29, 0.717) is 13.1 Å². The number of aromatic nitrogens is 2. The molecule has 0 fully saturated rings. The van der Waals surface area contributed by atoms with Crippen LogP contribution in [0.3, 0.4) is 0 Å². The molecule has 0 saturated heterocycles. The number of benzene rings is 2. The number of fused-ring (bicyclic) bond motifs is 2. The SMILES string of the molecule is C=C/C1=C\C=NCc2ccc(cc2)CN=C/C=C(\C=C)c2cc[n+](cc2)Cc2ccc(cc2)C[n+]2ccc1cc2. The van der Waals surface area contributed by atoms with Gasteiger partial charge in [-0.05, 0) is 45.6 Å². The van der Waals surface area contributed by atoms with Crippen molar-refractivity contribution in [3.63, 3.8) is 0 Å². The van der Waals surface area contributed by atoms with Crippen molar-refractivity contribution >= 4 is 23.6 Å². The second kappa shape index (κ2) is 13.2. The highest BCUT2D eigenvalue weighted by Crippen LogP contribution is 2.15. The third-order valence-corrected chi connectivity index (χ3v) is 6.93. The minimum Gasteiger partial charge on any atom is -0.288 e. The molecular formula is C36H34N4+2. The number of hydrogen-bond acceptors (Lipinski definition) is 2. The first-order valence-electron chi connectivity index (χ1n) is 13.5. The van der Waals surface area contributed by atoms with Crippen molar-refractivity contribution in [3.05, 3.63) is 168 Å². The van der Waals surface area contributed by atoms with Crippen molar-refractivity contribution in [2.45, 2.75) is 26.2 Å². The van der Waals surface area contributed by atoms with Gasteiger partial charge in [-0.2, -0.15) is 0 Å². The molecule has 0 amide bonds. The third kappa shape index (κ3) is 7.12. The van der Waals surface area contributed by atoms with Crippen molar-refractivity contribution in [3.8, 4) is 0 Å². The van der Waals surface area contributed by atoms with Crippen LogP contribution in [0.25, 0.3) is 11.1 Å². The Morgan fingerprint density at radius 3 is 1.20 bits per heavy atom. The molecule has 0 N–H and O–H groups in total. The summed E-state index contributed by atoms with van der Waals surface area (Å²) in [5, 5.41) is 0. The fraction of sp³-hybridized carbons (Fsp3) is 0.111. The zero-order chi connectivity index (χ0) is 27.6. The van der Waals surface area contributed by atoms with Crippen molar-refractivity contribution in [2.24, 2.45) is 9.98 Å². The van der Waals surface area contributed by atoms with Gasteiger partial charge in [-0.25, -0.2) is 9.13 Å². The lowest BCUT2D eigenvalue weighted by atomic mass is 10.1. The summed E-state index contributed by atoms with van der Waals surface area (Å²) in [7, 11) is 0. The Balaban J connectivity index is 1.42. The van der Waals surface area contributed by atoms with Gasteiger partial charge < -0.3 is 0 Å². The molecule has 0 unspecified atom stereocenters. The predicted molar refractivity (Wildman–Crippen MR) is 165 cm³/mol. The van der Waals surface area contributed by atoms with E-state index in [9.17, 15) is 0 Å². The quantitative estimate of drug-likeness (QED) is 0.275. The van der Waals surface area contributed by atoms with E-state index in [1.807, 2.05) is 36.7 Å². The van der Waals surface area contributed by atoms with Crippen molar-refractivity contribution < 1.29 is 9.13 Å². The number of allylic oxidation sites excluding steroid dienone is 6. The molecular weight excluding hydrogens is 488 g/mol. The van der Waals surface area contributed by atoms with Crippen LogP contribution in [0.15, 0.2) is 145 Å². The minimum absolute atomic E-state index is 0.626. The van der Waals surface area contributed by atoms with Crippen molar-refractivity contribution in [1.82, 2.24) is 0 Å². The third-order valence-electron chi connectivity index (χ3n) is 6.93. The van der Waals surface area contributed by atoms with Gasteiger partial charge in [0.2, 0.25) is 0 Å². The molecule has 10 rings (SSSR count). The van der Waals surface area contributed by atoms with E-state index >= 15 is 0 Å². The lowest BCUT2D eigenvalue weighted by Crippen LogP contribution is -2.34. The highest BCUT2D eigenvalue weighted by Gasteiger charge is 2.08. The highest BCUT2D eigenvalue weighted by molar-refractivity contribution is 5.88. The molecule has 2 aromatic carbocycles. The topological polar surface area (TPSA) is 32.5 Å². The fourth-order valence-electron chi connectivity index (χ4n) is 4.58. The lowest BCUT2D eigenvalue weighted by molar-refractivity contribution is -0.689. The van der Waals surface area contributed by atoms with Crippen LogP contribution in [0.1, 0.15) is 33.4 Å². The Kier molecular flexibility index (Phi) is 8.80. The molecule has 6 aliphatic heterocycles. The molecule has 4 aromatic rings. The highest BCUT2D eigenvalue weighted by atomic mass is 14.9. The first kappa shape index (κ1) is 26.6. The van der Waals surface area contributed by atoms with Crippen molar-refractivity contribution in [1.29, 1.82) is 0 Å². The Morgan fingerprint density at radius 2 is 0.850 bits per heavy atom. The van der Waals surface area contributed by atoms with Crippen molar-refractivity contribution in [2.75, 3.05) is 0 Å². The number of rotatable bonds is 2. The molecule has 6 aliphatic rings. The van der Waals surface area contributed by atoms with E-state index in [1.54, 1.807) is 0 Å². The molecule has 40 heavy (non-hydrogen) atoms. The number of hydrogen-bond donors (Lipinski definition) is 0. The molecule has 4 heteroatoms. The first-order chi connectivity index (χ1) is 19.7. The second-order valence-corrected chi connectivity index (χ2v) is 9.78. The summed E-state index contributed by atoms with van der Waals surface area (Å²) in [5.41, 5.74) is 9.16. The van der Waals surface area contributed by atoms with Crippen LogP contribution >= 0.6 is 0 Å². The minimum atomic E-state index is 0.626. The molecule has 0 radical (unpaired) electrons. The summed E-state index contributed by atoms with van der Waals surface area (Å²) in [5.74, 6) is 0. The summed E-state index contributed by atoms with van der Waals surface area (Å²) in [6, 6.07) is 25.8. The van der Waals surface area contributed by atoms with Gasteiger partial charge in [0.1, 0.15) is 0 Å². The fourth-order valence-corrected chi connectivity index (χ4v) is 4.58. The normalized spacial score (nSPS) is 16.5. The Labute approximate surface area is 237 Å². The van der Waals surface area contributed by atoms with E-state index in [2.05, 4.69) is 130 Å². The zero-order valence-electron chi connectivity index (χ0n) is 22.7. The molecule has 196 valence electrons. The zero-order valence-corrected chi connectivity index (χ0v) is 22.7. The van der Waals surface area contributed by atoms with E-state index in [1.165, 1.54) is 11.1 Å². The molecule has 2 aromatic heterocycles. The summed E-state index contributed by atoms with van der Waals surface area (Å²) in [4.78, 5) is 9.20. The van der Waals surface area contributed by atoms with Gasteiger partial charge in [0.15, 0.2) is 37.9 Å². The Bertz CT molecular complexity index is 1450. The van der Waals surface area contributed by atoms with Gasteiger partial charge in [0, 0.05) is 47.8 Å². The monoisotopic (exact) mass is 522 g/mol. The standard InChI is InChI=1S/C36H34N4/c1-3-33-13-19-37-25-29-5-7-30(8-6-29)26-38-20-14-34(4-2)36-17-23-40(24-18-36)28-32-11-9-31(10-12-32)27-39-21-15-35(33)16-22-39/h3-24H,1-2,25-28H2/q+2/b33-13+,34-14+,37-19?,38-20?. The molecule has 0 spiro atoms. The van der Waals surface area contributed by atoms with Crippen LogP contribution in [-0.4, -0.2) is 12.4 Å². The molecule has 8 bridgehead atoms. The summed E-state index contributed by atoms with van der Waals surface area (Å²) in [6.45, 7) is 10.9. The van der Waals surface area contributed by atoms with E-state index in [4.69, 9.17) is 0 Å². The maximum atomic E-state index is 4.60. The van der Waals surface area contributed by atoms with Gasteiger partial charge in [0.05, 0.1) is 13.1 Å². The second-order valence-electron chi connectivity index (χ2n) is 9.78. The first-order valence-corrected chi connectivity index (χ1v) is 13.5. The summed E-state index contributed by atoms with van der Waals surface area (Å²) < 4.78 is 4.38. The van der Waals surface area contributed by atoms with Gasteiger partial charge in [0.25, 0.3) is 0 Å². The molecule has 0 atom stereocenters. The average Bonchev–Trinajstić information content (AvgIpc) is 3.00. The molecule has 0 saturated carbocycles. The van der Waals surface area contributed by atoms with Gasteiger partial charge >= 0.3 is 0 Å². The Morgan fingerprint density at radius 1 is 0.500 bits per heavy atom. The van der Waals surface area contributed by atoms with Crippen LogP contribution in [0.2, 0.25) is 0 Å². The van der Waals surface area contributed by atoms with E-state index < -0.39 is 0 Å². The van der Waals surface area contributed by atoms with Crippen LogP contribution < -0.4 is 9.13 Å². The van der Waals surface area contributed by atoms with Crippen LogP contribution in [0.5, 0.6) is 0 Å². The summed E-state index contributed by atoms with van der Waals surface area (Å²) in [6.07, 6.45) is 19.9. The smallest absolute Gasteiger partial charge is 0.173 e. The van der Waals surface area contributed by atoms with Gasteiger partial charge in [-0.15, -0.1) is 0 Å². The molecule has 0 aliphatic carbocycles. The Hall–Kier alpha value is -4.96. The number of nitrogens with zero attached hydrogens (tertiary/aromatic N) is 4. The largest absolute Gasteiger partial charge is 0.288 e. The maximum absolute atomic E-state index is 4.60. The predicted octanol–water partition coefficient (Wildman–Crippen LogP) is 6.35. The van der Waals surface area contributed by atoms with Crippen LogP contribution in [-0.2, 0) is 26.2 Å². The van der Waals surface area contributed by atoms with Crippen LogP contribution in [0, 0.1) is 0 Å². The molecule has 8 heterocycles. The van der Waals surface area contributed by atoms with Gasteiger partial charge in [-0.3, -0.25) is 9.98 Å².